The maximum Gasteiger partial charge on any atom is 0.228 e. The van der Waals surface area contributed by atoms with E-state index < -0.39 is 0 Å². The van der Waals surface area contributed by atoms with Crippen molar-refractivity contribution >= 4 is 11.8 Å². The van der Waals surface area contributed by atoms with Gasteiger partial charge in [0, 0.05) is 57.1 Å². The van der Waals surface area contributed by atoms with Crippen LogP contribution in [0.1, 0.15) is 46.0 Å². The number of morpholine rings is 1. The summed E-state index contributed by atoms with van der Waals surface area (Å²) in [5.41, 5.74) is -0.104. The normalized spacial score (nSPS) is 25.4. The molecule has 1 aliphatic carbocycles. The number of ether oxygens (including phenoxy) is 1. The van der Waals surface area contributed by atoms with E-state index in [2.05, 4.69) is 18.7 Å². The molecular formula is C19H33N3O3. The van der Waals surface area contributed by atoms with Crippen molar-refractivity contribution in [3.8, 4) is 0 Å². The summed E-state index contributed by atoms with van der Waals surface area (Å²) in [6.45, 7) is 10.8. The minimum Gasteiger partial charge on any atom is -0.379 e. The minimum absolute atomic E-state index is 0.104. The van der Waals surface area contributed by atoms with Gasteiger partial charge >= 0.3 is 0 Å². The summed E-state index contributed by atoms with van der Waals surface area (Å²) in [5, 5.41) is 0. The van der Waals surface area contributed by atoms with Gasteiger partial charge in [-0.05, 0) is 32.6 Å². The Labute approximate surface area is 151 Å². The summed E-state index contributed by atoms with van der Waals surface area (Å²) in [7, 11) is 0. The van der Waals surface area contributed by atoms with E-state index in [1.165, 1.54) is 0 Å². The Morgan fingerprint density at radius 2 is 1.64 bits per heavy atom. The van der Waals surface area contributed by atoms with Crippen LogP contribution in [0.5, 0.6) is 0 Å². The number of carbonyl (C=O) groups excluding carboxylic acids is 2. The molecule has 2 amide bonds. The molecule has 1 atom stereocenters. The summed E-state index contributed by atoms with van der Waals surface area (Å²) in [5.74, 6) is 0.537. The van der Waals surface area contributed by atoms with Crippen LogP contribution in [0.25, 0.3) is 0 Å². The second-order valence-electron chi connectivity index (χ2n) is 8.12. The molecule has 1 unspecified atom stereocenters. The van der Waals surface area contributed by atoms with Crippen molar-refractivity contribution in [3.05, 3.63) is 0 Å². The maximum absolute atomic E-state index is 12.6. The Morgan fingerprint density at radius 1 is 1.00 bits per heavy atom. The summed E-state index contributed by atoms with van der Waals surface area (Å²) in [6.07, 6.45) is 4.43. The summed E-state index contributed by atoms with van der Waals surface area (Å²) >= 11 is 0. The lowest BCUT2D eigenvalue weighted by Gasteiger charge is -2.32. The number of hydrogen-bond donors (Lipinski definition) is 0. The van der Waals surface area contributed by atoms with Gasteiger partial charge in [0.2, 0.25) is 11.8 Å². The van der Waals surface area contributed by atoms with Crippen LogP contribution in [0.4, 0.5) is 0 Å². The summed E-state index contributed by atoms with van der Waals surface area (Å²) < 4.78 is 5.39. The van der Waals surface area contributed by atoms with Crippen molar-refractivity contribution in [1.82, 2.24) is 14.7 Å². The molecule has 0 aromatic heterocycles. The zero-order valence-corrected chi connectivity index (χ0v) is 15.8. The highest BCUT2D eigenvalue weighted by atomic mass is 16.5. The molecule has 3 fully saturated rings. The van der Waals surface area contributed by atoms with Gasteiger partial charge < -0.3 is 14.5 Å². The molecule has 1 saturated carbocycles. The lowest BCUT2D eigenvalue weighted by atomic mass is 10.1. The molecule has 2 saturated heterocycles. The lowest BCUT2D eigenvalue weighted by molar-refractivity contribution is -0.137. The first-order valence-corrected chi connectivity index (χ1v) is 9.88. The molecule has 0 radical (unpaired) electrons. The van der Waals surface area contributed by atoms with Crippen molar-refractivity contribution in [2.75, 3.05) is 52.5 Å². The predicted molar refractivity (Wildman–Crippen MR) is 96.2 cm³/mol. The van der Waals surface area contributed by atoms with Crippen molar-refractivity contribution in [2.45, 2.75) is 52.0 Å². The molecule has 0 N–H and O–H groups in total. The van der Waals surface area contributed by atoms with E-state index >= 15 is 0 Å². The smallest absolute Gasteiger partial charge is 0.228 e. The second kappa shape index (κ2) is 8.04. The standard InChI is InChI=1S/C19H33N3O3/c1-16(20-12-14-25-15-13-20)4-5-17(23)21-8-3-9-22(11-10-21)18(24)19(2)6-7-19/h16H,3-15H2,1-2H3. The van der Waals surface area contributed by atoms with Crippen LogP contribution >= 0.6 is 0 Å². The van der Waals surface area contributed by atoms with Crippen molar-refractivity contribution in [3.63, 3.8) is 0 Å². The number of rotatable bonds is 5. The molecule has 2 aliphatic heterocycles. The Morgan fingerprint density at radius 3 is 2.32 bits per heavy atom. The van der Waals surface area contributed by atoms with Crippen molar-refractivity contribution < 1.29 is 14.3 Å². The van der Waals surface area contributed by atoms with Gasteiger partial charge in [-0.25, -0.2) is 0 Å². The molecule has 0 spiro atoms. The molecular weight excluding hydrogens is 318 g/mol. The number of hydrogen-bond acceptors (Lipinski definition) is 4. The first-order valence-electron chi connectivity index (χ1n) is 9.88. The van der Waals surface area contributed by atoms with E-state index in [0.29, 0.717) is 31.5 Å². The quantitative estimate of drug-likeness (QED) is 0.750. The summed E-state index contributed by atoms with van der Waals surface area (Å²) in [4.78, 5) is 31.5. The van der Waals surface area contributed by atoms with Crippen molar-refractivity contribution in [1.29, 1.82) is 0 Å². The van der Waals surface area contributed by atoms with Crippen molar-refractivity contribution in [2.24, 2.45) is 5.41 Å². The Kier molecular flexibility index (Phi) is 6.00. The average Bonchev–Trinajstić information content (AvgIpc) is 3.42. The van der Waals surface area contributed by atoms with Gasteiger partial charge in [-0.15, -0.1) is 0 Å². The van der Waals surface area contributed by atoms with Gasteiger partial charge in [-0.2, -0.15) is 0 Å². The third-order valence-corrected chi connectivity index (χ3v) is 6.10. The van der Waals surface area contributed by atoms with Crippen LogP contribution in [0, 0.1) is 5.41 Å². The minimum atomic E-state index is -0.104. The number of carbonyl (C=O) groups is 2. The monoisotopic (exact) mass is 351 g/mol. The van der Waals surface area contributed by atoms with Crippen LogP contribution in [-0.2, 0) is 14.3 Å². The fourth-order valence-corrected chi connectivity index (χ4v) is 3.84. The fourth-order valence-electron chi connectivity index (χ4n) is 3.84. The maximum atomic E-state index is 12.6. The van der Waals surface area contributed by atoms with E-state index in [-0.39, 0.29) is 11.3 Å². The van der Waals surface area contributed by atoms with Gasteiger partial charge in [-0.1, -0.05) is 6.92 Å². The van der Waals surface area contributed by atoms with Gasteiger partial charge in [0.15, 0.2) is 0 Å². The van der Waals surface area contributed by atoms with Gasteiger partial charge in [0.05, 0.1) is 13.2 Å². The Hall–Kier alpha value is -1.14. The van der Waals surface area contributed by atoms with E-state index in [9.17, 15) is 9.59 Å². The highest BCUT2D eigenvalue weighted by Crippen LogP contribution is 2.46. The average molecular weight is 351 g/mol. The second-order valence-corrected chi connectivity index (χ2v) is 8.12. The third kappa shape index (κ3) is 4.73. The zero-order valence-electron chi connectivity index (χ0n) is 15.8. The topological polar surface area (TPSA) is 53.1 Å². The predicted octanol–water partition coefficient (Wildman–Crippen LogP) is 1.35. The highest BCUT2D eigenvalue weighted by Gasteiger charge is 2.47. The number of nitrogens with zero attached hydrogens (tertiary/aromatic N) is 3. The number of amides is 2. The molecule has 3 aliphatic rings. The fraction of sp³-hybridized carbons (Fsp3) is 0.895. The molecule has 6 nitrogen and oxygen atoms in total. The van der Waals surface area contributed by atoms with Crippen LogP contribution in [0.3, 0.4) is 0 Å². The molecule has 2 heterocycles. The van der Waals surface area contributed by atoms with Gasteiger partial charge in [0.1, 0.15) is 0 Å². The van der Waals surface area contributed by atoms with E-state index in [4.69, 9.17) is 4.74 Å². The van der Waals surface area contributed by atoms with Crippen LogP contribution in [-0.4, -0.2) is 85.0 Å². The van der Waals surface area contributed by atoms with E-state index in [1.54, 1.807) is 0 Å². The lowest BCUT2D eigenvalue weighted by Crippen LogP contribution is -2.43. The van der Waals surface area contributed by atoms with E-state index in [1.807, 2.05) is 9.80 Å². The SMILES string of the molecule is CC(CCC(=O)N1CCCN(C(=O)C2(C)CC2)CC1)N1CCOCC1. The highest BCUT2D eigenvalue weighted by molar-refractivity contribution is 5.85. The molecule has 25 heavy (non-hydrogen) atoms. The molecule has 3 rings (SSSR count). The third-order valence-electron chi connectivity index (χ3n) is 6.10. The van der Waals surface area contributed by atoms with Crippen LogP contribution in [0.15, 0.2) is 0 Å². The van der Waals surface area contributed by atoms with Crippen LogP contribution < -0.4 is 0 Å². The molecule has 6 heteroatoms. The van der Waals surface area contributed by atoms with Crippen LogP contribution in [0.2, 0.25) is 0 Å². The summed E-state index contributed by atoms with van der Waals surface area (Å²) in [6, 6.07) is 0.424. The largest absolute Gasteiger partial charge is 0.379 e. The first-order chi connectivity index (χ1) is 12.0. The van der Waals surface area contributed by atoms with Gasteiger partial charge in [0.25, 0.3) is 0 Å². The zero-order chi connectivity index (χ0) is 17.9. The molecule has 0 aromatic rings. The first kappa shape index (κ1) is 18.6. The van der Waals surface area contributed by atoms with Gasteiger partial charge in [-0.3, -0.25) is 14.5 Å². The Balaban J connectivity index is 1.42. The molecule has 0 aromatic carbocycles. The molecule has 142 valence electrons. The van der Waals surface area contributed by atoms with E-state index in [0.717, 1.165) is 65.1 Å². The Bertz CT molecular complexity index is 486. The molecule has 0 bridgehead atoms.